The molecule has 2 fully saturated rings. The number of nitrogens with one attached hydrogen (secondary N) is 3. The Morgan fingerprint density at radius 3 is 1.88 bits per heavy atom. The van der Waals surface area contributed by atoms with Crippen LogP contribution in [0.15, 0.2) is 48.5 Å². The number of hydrogen-bond donors (Lipinski definition) is 3. The van der Waals surface area contributed by atoms with E-state index in [1.807, 2.05) is 12.1 Å². The van der Waals surface area contributed by atoms with Gasteiger partial charge in [-0.25, -0.2) is 4.39 Å². The van der Waals surface area contributed by atoms with Gasteiger partial charge < -0.3 is 32.4 Å². The topological polar surface area (TPSA) is 175 Å². The van der Waals surface area contributed by atoms with Crippen molar-refractivity contribution in [3.05, 3.63) is 74.6 Å². The molecule has 2 aliphatic heterocycles. The Kier molecular flexibility index (Phi) is 25.1. The summed E-state index contributed by atoms with van der Waals surface area (Å²) in [7, 11) is 0. The van der Waals surface area contributed by atoms with E-state index in [9.17, 15) is 24.6 Å². The summed E-state index contributed by atoms with van der Waals surface area (Å²) in [4.78, 5) is 33.1. The Hall–Kier alpha value is -1.72. The van der Waals surface area contributed by atoms with Crippen LogP contribution in [0.25, 0.3) is 0 Å². The molecule has 2 aromatic carbocycles. The summed E-state index contributed by atoms with van der Waals surface area (Å²) < 4.78 is 12.1. The molecular weight excluding hydrogens is 561 g/mol. The van der Waals surface area contributed by atoms with E-state index in [-0.39, 0.29) is 83.3 Å². The molecule has 2 unspecified atom stereocenters. The van der Waals surface area contributed by atoms with Gasteiger partial charge in [0.1, 0.15) is 5.82 Å². The maximum atomic E-state index is 12.1. The van der Waals surface area contributed by atoms with Crippen LogP contribution >= 0.6 is 0 Å². The van der Waals surface area contributed by atoms with Crippen molar-refractivity contribution in [2.45, 2.75) is 38.8 Å². The first-order chi connectivity index (χ1) is 18.7. The molecule has 16 heteroatoms. The number of nitro groups is 2. The van der Waals surface area contributed by atoms with Gasteiger partial charge >= 0.3 is 59.1 Å². The van der Waals surface area contributed by atoms with Crippen molar-refractivity contribution in [3.63, 3.8) is 0 Å². The number of nitro benzene ring substituents is 2. The van der Waals surface area contributed by atoms with Gasteiger partial charge in [-0.2, -0.15) is 0 Å². The van der Waals surface area contributed by atoms with Gasteiger partial charge in [-0.15, -0.1) is 0 Å². The number of benzene rings is 2. The van der Waals surface area contributed by atoms with E-state index < -0.39 is 10.7 Å². The van der Waals surface area contributed by atoms with Gasteiger partial charge in [0.15, 0.2) is 0 Å². The SMILES string of the molecule is CCNC1CCN(c2ccc([N+](=O)[O-])cc2)C1.CCNC1CCNC1.O=CO[O-].O=[N+]([O-])c1ccc(F)cc1.[H-].[Na+].[Na+]. The molecular formula is C25H37FN6Na2O7. The summed E-state index contributed by atoms with van der Waals surface area (Å²) in [6.07, 6.45) is 2.43. The summed E-state index contributed by atoms with van der Waals surface area (Å²) >= 11 is 0. The zero-order chi connectivity index (χ0) is 29.0. The molecule has 2 heterocycles. The van der Waals surface area contributed by atoms with Crippen molar-refractivity contribution >= 4 is 23.5 Å². The summed E-state index contributed by atoms with van der Waals surface area (Å²) in [6, 6.07) is 12.4. The van der Waals surface area contributed by atoms with E-state index in [2.05, 4.69) is 39.6 Å². The van der Waals surface area contributed by atoms with Gasteiger partial charge in [0, 0.05) is 61.7 Å². The second kappa shape index (κ2) is 24.8. The van der Waals surface area contributed by atoms with Gasteiger partial charge in [-0.3, -0.25) is 25.0 Å². The number of anilines is 1. The predicted octanol–water partition coefficient (Wildman–Crippen LogP) is -3.97. The van der Waals surface area contributed by atoms with Crippen molar-refractivity contribution < 1.29 is 89.7 Å². The van der Waals surface area contributed by atoms with Crippen molar-refractivity contribution in [1.82, 2.24) is 16.0 Å². The van der Waals surface area contributed by atoms with Crippen molar-refractivity contribution in [2.75, 3.05) is 44.2 Å². The van der Waals surface area contributed by atoms with Gasteiger partial charge in [0.25, 0.3) is 17.8 Å². The molecule has 3 N–H and O–H groups in total. The molecule has 2 aromatic rings. The van der Waals surface area contributed by atoms with E-state index in [4.69, 9.17) is 10.1 Å². The van der Waals surface area contributed by atoms with Crippen LogP contribution in [0.4, 0.5) is 21.5 Å². The van der Waals surface area contributed by atoms with Gasteiger partial charge in [0.05, 0.1) is 9.85 Å². The van der Waals surface area contributed by atoms with E-state index in [0.717, 1.165) is 75.1 Å². The van der Waals surface area contributed by atoms with Crippen LogP contribution in [0.3, 0.4) is 0 Å². The molecule has 13 nitrogen and oxygen atoms in total. The monoisotopic (exact) mass is 598 g/mol. The van der Waals surface area contributed by atoms with Crippen molar-refractivity contribution in [3.8, 4) is 0 Å². The quantitative estimate of drug-likeness (QED) is 0.0889. The molecule has 2 atom stereocenters. The molecule has 218 valence electrons. The molecule has 0 saturated carbocycles. The van der Waals surface area contributed by atoms with E-state index in [1.54, 1.807) is 12.1 Å². The molecule has 0 bridgehead atoms. The fourth-order valence-corrected chi connectivity index (χ4v) is 3.92. The average molecular weight is 599 g/mol. The smallest absolute Gasteiger partial charge is 1.00 e. The van der Waals surface area contributed by atoms with Crippen molar-refractivity contribution in [2.24, 2.45) is 0 Å². The van der Waals surface area contributed by atoms with Crippen molar-refractivity contribution in [1.29, 1.82) is 0 Å². The number of likely N-dealkylation sites (N-methyl/N-ethyl adjacent to an activating group) is 2. The molecule has 0 radical (unpaired) electrons. The second-order valence-corrected chi connectivity index (χ2v) is 8.44. The largest absolute Gasteiger partial charge is 1.00 e. The number of halogens is 1. The van der Waals surface area contributed by atoms with E-state index in [0.29, 0.717) is 6.04 Å². The Bertz CT molecular complexity index is 994. The molecule has 0 aliphatic carbocycles. The fraction of sp³-hybridized carbons (Fsp3) is 0.480. The Balaban J connectivity index is -0.000000525. The third-order valence-corrected chi connectivity index (χ3v) is 5.74. The zero-order valence-electron chi connectivity index (χ0n) is 25.1. The van der Waals surface area contributed by atoms with E-state index >= 15 is 0 Å². The first-order valence-electron chi connectivity index (χ1n) is 12.5. The molecule has 0 spiro atoms. The van der Waals surface area contributed by atoms with E-state index in [1.165, 1.54) is 13.0 Å². The van der Waals surface area contributed by atoms with Crippen LogP contribution in [0.5, 0.6) is 0 Å². The van der Waals surface area contributed by atoms with Gasteiger partial charge in [0.2, 0.25) is 0 Å². The second-order valence-electron chi connectivity index (χ2n) is 8.44. The maximum absolute atomic E-state index is 12.1. The van der Waals surface area contributed by atoms with Crippen LogP contribution in [0, 0.1) is 26.0 Å². The van der Waals surface area contributed by atoms with Crippen LogP contribution < -0.4 is 85.2 Å². The third-order valence-electron chi connectivity index (χ3n) is 5.74. The minimum absolute atomic E-state index is 0. The van der Waals surface area contributed by atoms with Crippen LogP contribution in [-0.2, 0) is 9.68 Å². The van der Waals surface area contributed by atoms with Crippen LogP contribution in [0.1, 0.15) is 28.1 Å². The van der Waals surface area contributed by atoms with Gasteiger partial charge in [-0.05, 0) is 56.7 Å². The molecule has 41 heavy (non-hydrogen) atoms. The zero-order valence-corrected chi connectivity index (χ0v) is 28.1. The fourth-order valence-electron chi connectivity index (χ4n) is 3.92. The Morgan fingerprint density at radius 2 is 1.46 bits per heavy atom. The predicted molar refractivity (Wildman–Crippen MR) is 144 cm³/mol. The molecule has 0 amide bonds. The molecule has 4 rings (SSSR count). The minimum Gasteiger partial charge on any atom is -1.00 e. The van der Waals surface area contributed by atoms with Gasteiger partial charge in [-0.1, -0.05) is 13.8 Å². The Morgan fingerprint density at radius 1 is 0.976 bits per heavy atom. The normalized spacial score (nSPS) is 16.5. The number of carbonyl (C=O) groups is 1. The number of carbonyl (C=O) groups excluding carboxylic acids is 1. The summed E-state index contributed by atoms with van der Waals surface area (Å²) in [5.74, 6) is -0.467. The third kappa shape index (κ3) is 17.7. The minimum atomic E-state index is -0.570. The van der Waals surface area contributed by atoms with Crippen LogP contribution in [-0.4, -0.2) is 67.7 Å². The molecule has 0 aromatic heterocycles. The number of non-ortho nitro benzene ring substituents is 2. The Labute approximate surface area is 284 Å². The number of nitrogens with zero attached hydrogens (tertiary/aromatic N) is 3. The first kappa shape index (κ1) is 41.4. The summed E-state index contributed by atoms with van der Waals surface area (Å²) in [5, 5.41) is 39.1. The maximum Gasteiger partial charge on any atom is 1.00 e. The standard InChI is InChI=1S/C12H17N3O2.C6H4FNO2.C6H14N2.CH2O3.2Na.H/c1-2-13-10-7-8-14(9-10)11-3-5-12(6-4-11)15(16)17;7-5-1-3-6(4-2-5)8(9)10;1-2-8-6-3-4-7-5-6;2-1-4-3;;;/h3-6,10,13H,2,7-9H2,1H3;1-4H;6-8H,2-5H2,1H3;1,3H;;;/q;;;;2*+1;-1/p-1. The number of rotatable bonds is 8. The average Bonchev–Trinajstić information content (AvgIpc) is 3.63. The first-order valence-corrected chi connectivity index (χ1v) is 12.5. The summed E-state index contributed by atoms with van der Waals surface area (Å²) in [5.41, 5.74) is 1.12. The summed E-state index contributed by atoms with van der Waals surface area (Å²) in [6.45, 7) is 10.5. The molecule has 2 aliphatic rings. The molecule has 2 saturated heterocycles. The van der Waals surface area contributed by atoms with Crippen LogP contribution in [0.2, 0.25) is 0 Å². The number of hydrogen-bond acceptors (Lipinski definition) is 11.